The Bertz CT molecular complexity index is 575. The molecule has 0 N–H and O–H groups in total. The SMILES string of the molecule is CC(C)(C)OC(=O)CCC(C)(C#N)c1ccc(Br)cc1F. The molecule has 1 aromatic carbocycles. The summed E-state index contributed by atoms with van der Waals surface area (Å²) < 4.78 is 19.9. The standard InChI is InChI=1S/C16H19BrFNO2/c1-15(2,3)21-14(20)7-8-16(4,10-19)12-6-5-11(17)9-13(12)18/h5-6,9H,7-8H2,1-4H3. The first-order valence-electron chi connectivity index (χ1n) is 6.66. The molecular weight excluding hydrogens is 337 g/mol. The molecule has 0 saturated carbocycles. The molecule has 0 radical (unpaired) electrons. The molecule has 0 spiro atoms. The molecule has 21 heavy (non-hydrogen) atoms. The average molecular weight is 356 g/mol. The summed E-state index contributed by atoms with van der Waals surface area (Å²) >= 11 is 3.18. The largest absolute Gasteiger partial charge is 0.460 e. The highest BCUT2D eigenvalue weighted by Crippen LogP contribution is 2.32. The Morgan fingerprint density at radius 1 is 1.38 bits per heavy atom. The Morgan fingerprint density at radius 2 is 2.00 bits per heavy atom. The molecule has 1 rings (SSSR count). The Kier molecular flexibility index (Phi) is 5.52. The quantitative estimate of drug-likeness (QED) is 0.747. The molecule has 114 valence electrons. The minimum absolute atomic E-state index is 0.0663. The lowest BCUT2D eigenvalue weighted by molar-refractivity contribution is -0.155. The Labute approximate surface area is 133 Å². The fraction of sp³-hybridized carbons (Fsp3) is 0.500. The van der Waals surface area contributed by atoms with Crippen molar-refractivity contribution in [3.8, 4) is 6.07 Å². The van der Waals surface area contributed by atoms with Crippen molar-refractivity contribution in [2.75, 3.05) is 0 Å². The highest BCUT2D eigenvalue weighted by molar-refractivity contribution is 9.10. The van der Waals surface area contributed by atoms with Crippen LogP contribution in [0, 0.1) is 17.1 Å². The number of rotatable bonds is 4. The highest BCUT2D eigenvalue weighted by atomic mass is 79.9. The predicted molar refractivity (Wildman–Crippen MR) is 82.1 cm³/mol. The van der Waals surface area contributed by atoms with Crippen molar-refractivity contribution in [1.82, 2.24) is 0 Å². The summed E-state index contributed by atoms with van der Waals surface area (Å²) in [5, 5.41) is 9.40. The molecular formula is C16H19BrFNO2. The Balaban J connectivity index is 2.87. The molecule has 0 heterocycles. The van der Waals surface area contributed by atoms with Crippen LogP contribution in [0.5, 0.6) is 0 Å². The molecule has 0 amide bonds. The molecule has 3 nitrogen and oxygen atoms in total. The molecule has 0 aliphatic rings. The van der Waals surface area contributed by atoms with Crippen LogP contribution in [0.4, 0.5) is 4.39 Å². The zero-order chi connectivity index (χ0) is 16.3. The van der Waals surface area contributed by atoms with Crippen molar-refractivity contribution in [2.45, 2.75) is 51.6 Å². The Morgan fingerprint density at radius 3 is 2.48 bits per heavy atom. The minimum atomic E-state index is -1.07. The molecule has 1 aromatic rings. The van der Waals surface area contributed by atoms with Crippen LogP contribution in [-0.4, -0.2) is 11.6 Å². The summed E-state index contributed by atoms with van der Waals surface area (Å²) in [6.07, 6.45) is 0.272. The maximum absolute atomic E-state index is 14.0. The third-order valence-electron chi connectivity index (χ3n) is 3.02. The lowest BCUT2D eigenvalue weighted by atomic mass is 9.79. The van der Waals surface area contributed by atoms with Crippen LogP contribution in [0.3, 0.4) is 0 Å². The molecule has 1 atom stereocenters. The van der Waals surface area contributed by atoms with Gasteiger partial charge in [-0.2, -0.15) is 5.26 Å². The van der Waals surface area contributed by atoms with Crippen LogP contribution >= 0.6 is 15.9 Å². The number of benzene rings is 1. The predicted octanol–water partition coefficient (Wildman–Crippen LogP) is 4.49. The molecule has 0 aliphatic carbocycles. The number of halogens is 2. The summed E-state index contributed by atoms with van der Waals surface area (Å²) in [6, 6.07) is 6.68. The zero-order valence-electron chi connectivity index (χ0n) is 12.7. The smallest absolute Gasteiger partial charge is 0.306 e. The topological polar surface area (TPSA) is 50.1 Å². The van der Waals surface area contributed by atoms with Gasteiger partial charge in [0.05, 0.1) is 11.5 Å². The van der Waals surface area contributed by atoms with E-state index in [9.17, 15) is 14.4 Å². The minimum Gasteiger partial charge on any atom is -0.460 e. The molecule has 0 saturated heterocycles. The van der Waals surface area contributed by atoms with Gasteiger partial charge in [-0.15, -0.1) is 0 Å². The van der Waals surface area contributed by atoms with E-state index < -0.39 is 16.8 Å². The van der Waals surface area contributed by atoms with E-state index in [1.54, 1.807) is 39.8 Å². The normalized spacial score (nSPS) is 14.1. The van der Waals surface area contributed by atoms with E-state index in [-0.39, 0.29) is 24.4 Å². The first-order chi connectivity index (χ1) is 9.57. The number of ether oxygens (including phenoxy) is 1. The van der Waals surface area contributed by atoms with E-state index in [1.807, 2.05) is 0 Å². The molecule has 0 fully saturated rings. The van der Waals surface area contributed by atoms with Gasteiger partial charge in [-0.3, -0.25) is 4.79 Å². The zero-order valence-corrected chi connectivity index (χ0v) is 14.3. The van der Waals surface area contributed by atoms with Gasteiger partial charge in [-0.25, -0.2) is 4.39 Å². The maximum Gasteiger partial charge on any atom is 0.306 e. The van der Waals surface area contributed by atoms with E-state index >= 15 is 0 Å². The number of hydrogen-bond donors (Lipinski definition) is 0. The molecule has 0 bridgehead atoms. The molecule has 1 unspecified atom stereocenters. The first-order valence-corrected chi connectivity index (χ1v) is 7.45. The van der Waals surface area contributed by atoms with Crippen molar-refractivity contribution < 1.29 is 13.9 Å². The first kappa shape index (κ1) is 17.6. The summed E-state index contributed by atoms with van der Waals surface area (Å²) in [7, 11) is 0. The molecule has 0 aliphatic heterocycles. The second kappa shape index (κ2) is 6.57. The van der Waals surface area contributed by atoms with Gasteiger partial charge in [0.15, 0.2) is 0 Å². The van der Waals surface area contributed by atoms with Crippen LogP contribution in [0.2, 0.25) is 0 Å². The lowest BCUT2D eigenvalue weighted by Crippen LogP contribution is -2.27. The summed E-state index contributed by atoms with van der Waals surface area (Å²) in [6.45, 7) is 6.97. The van der Waals surface area contributed by atoms with Crippen molar-refractivity contribution >= 4 is 21.9 Å². The van der Waals surface area contributed by atoms with E-state index in [1.165, 1.54) is 6.07 Å². The number of hydrogen-bond acceptors (Lipinski definition) is 3. The lowest BCUT2D eigenvalue weighted by Gasteiger charge is -2.24. The second-order valence-corrected chi connectivity index (χ2v) is 7.07. The van der Waals surface area contributed by atoms with Gasteiger partial charge >= 0.3 is 5.97 Å². The van der Waals surface area contributed by atoms with Gasteiger partial charge in [0.1, 0.15) is 11.4 Å². The third-order valence-corrected chi connectivity index (χ3v) is 3.51. The summed E-state index contributed by atoms with van der Waals surface area (Å²) in [4.78, 5) is 11.8. The van der Waals surface area contributed by atoms with Gasteiger partial charge in [0, 0.05) is 16.5 Å². The van der Waals surface area contributed by atoms with E-state index in [0.29, 0.717) is 4.47 Å². The van der Waals surface area contributed by atoms with Crippen molar-refractivity contribution in [2.24, 2.45) is 0 Å². The fourth-order valence-corrected chi connectivity index (χ4v) is 2.27. The molecule has 5 heteroatoms. The van der Waals surface area contributed by atoms with E-state index in [4.69, 9.17) is 4.74 Å². The highest BCUT2D eigenvalue weighted by Gasteiger charge is 2.31. The number of carbonyl (C=O) groups is 1. The van der Waals surface area contributed by atoms with Gasteiger partial charge in [-0.05, 0) is 46.2 Å². The number of nitrogens with zero attached hydrogens (tertiary/aromatic N) is 1. The maximum atomic E-state index is 14.0. The van der Waals surface area contributed by atoms with Crippen molar-refractivity contribution in [1.29, 1.82) is 5.26 Å². The van der Waals surface area contributed by atoms with Gasteiger partial charge in [-0.1, -0.05) is 22.0 Å². The summed E-state index contributed by atoms with van der Waals surface area (Å²) in [5.41, 5.74) is -1.35. The molecule has 0 aromatic heterocycles. The van der Waals surface area contributed by atoms with Gasteiger partial charge in [0.2, 0.25) is 0 Å². The number of carbonyl (C=O) groups excluding carboxylic acids is 1. The van der Waals surface area contributed by atoms with Gasteiger partial charge < -0.3 is 4.74 Å². The van der Waals surface area contributed by atoms with Gasteiger partial charge in [0.25, 0.3) is 0 Å². The van der Waals surface area contributed by atoms with E-state index in [2.05, 4.69) is 22.0 Å². The van der Waals surface area contributed by atoms with E-state index in [0.717, 1.165) is 0 Å². The van der Waals surface area contributed by atoms with Crippen LogP contribution in [0.15, 0.2) is 22.7 Å². The average Bonchev–Trinajstić information content (AvgIpc) is 2.34. The van der Waals surface area contributed by atoms with Crippen LogP contribution in [0.25, 0.3) is 0 Å². The fourth-order valence-electron chi connectivity index (χ4n) is 1.93. The van der Waals surface area contributed by atoms with Crippen LogP contribution in [0.1, 0.15) is 46.1 Å². The Hall–Kier alpha value is -1.41. The second-order valence-electron chi connectivity index (χ2n) is 6.15. The monoisotopic (exact) mass is 355 g/mol. The van der Waals surface area contributed by atoms with Crippen LogP contribution < -0.4 is 0 Å². The van der Waals surface area contributed by atoms with Crippen LogP contribution in [-0.2, 0) is 14.9 Å². The summed E-state index contributed by atoms with van der Waals surface area (Å²) in [5.74, 6) is -0.848. The number of esters is 1. The third kappa shape index (κ3) is 5.13. The van der Waals surface area contributed by atoms with Crippen molar-refractivity contribution in [3.05, 3.63) is 34.1 Å². The van der Waals surface area contributed by atoms with Crippen molar-refractivity contribution in [3.63, 3.8) is 0 Å². The number of nitriles is 1.